The van der Waals surface area contributed by atoms with Crippen molar-refractivity contribution in [2.24, 2.45) is 0 Å². The number of ether oxygens (including phenoxy) is 27. The molecule has 0 aliphatic rings. The van der Waals surface area contributed by atoms with E-state index >= 15 is 0 Å². The van der Waals surface area contributed by atoms with Crippen molar-refractivity contribution in [2.45, 2.75) is 11.2 Å². The highest BCUT2D eigenvalue weighted by Gasteiger charge is 2.39. The molecule has 27 heteroatoms. The van der Waals surface area contributed by atoms with Gasteiger partial charge in [0, 0.05) is 0 Å². The van der Waals surface area contributed by atoms with E-state index in [1.54, 1.807) is 0 Å². The number of benzene rings is 6. The molecule has 656 valence electrons. The van der Waals surface area contributed by atoms with Crippen molar-refractivity contribution < 1.29 is 128 Å². The quantitative estimate of drug-likeness (QED) is 0.0255. The van der Waals surface area contributed by atoms with Gasteiger partial charge >= 0.3 is 0 Å². The van der Waals surface area contributed by atoms with Gasteiger partial charge in [-0.3, -0.25) is 0 Å². The fourth-order valence-electron chi connectivity index (χ4n) is 11.4. The maximum Gasteiger partial charge on any atom is 0.143 e. The zero-order chi connectivity index (χ0) is 81.5. The molecule has 6 aromatic rings. The monoisotopic (exact) mass is 1650 g/mol. The second-order valence-electron chi connectivity index (χ2n) is 25.6. The van der Waals surface area contributed by atoms with Crippen molar-refractivity contribution in [1.82, 2.24) is 0 Å². The molecule has 0 aliphatic heterocycles. The van der Waals surface area contributed by atoms with Gasteiger partial charge in [0.25, 0.3) is 0 Å². The van der Waals surface area contributed by atoms with Crippen molar-refractivity contribution >= 4 is 0 Å². The molecular formula is C90H134O27. The Labute approximate surface area is 694 Å². The lowest BCUT2D eigenvalue weighted by atomic mass is 9.80. The summed E-state index contributed by atoms with van der Waals surface area (Å²) in [6.07, 6.45) is 0. The van der Waals surface area contributed by atoms with Crippen molar-refractivity contribution in [2.75, 3.05) is 344 Å². The molecule has 0 saturated heterocycles. The molecule has 0 aliphatic carbocycles. The van der Waals surface area contributed by atoms with Gasteiger partial charge in [0.15, 0.2) is 0 Å². The first-order chi connectivity index (χ1) is 58.3. The van der Waals surface area contributed by atoms with Crippen molar-refractivity contribution in [3.8, 4) is 0 Å². The fourth-order valence-corrected chi connectivity index (χ4v) is 11.4. The Morgan fingerprint density at radius 1 is 0.103 bits per heavy atom. The highest BCUT2D eigenvalue weighted by atomic mass is 16.6. The minimum Gasteiger partial charge on any atom is -0.377 e. The van der Waals surface area contributed by atoms with Crippen molar-refractivity contribution in [3.05, 3.63) is 215 Å². The molecule has 6 rings (SSSR count). The van der Waals surface area contributed by atoms with Crippen LogP contribution >= 0.6 is 0 Å². The van der Waals surface area contributed by atoms with Crippen LogP contribution in [0.4, 0.5) is 0 Å². The van der Waals surface area contributed by atoms with E-state index in [4.69, 9.17) is 128 Å². The first-order valence-electron chi connectivity index (χ1n) is 41.4. The fraction of sp³-hybridized carbons (Fsp3) is 0.600. The summed E-state index contributed by atoms with van der Waals surface area (Å²) in [5.74, 6) is 0. The number of hydrogen-bond acceptors (Lipinski definition) is 27. The van der Waals surface area contributed by atoms with E-state index < -0.39 is 11.2 Å². The molecule has 6 aromatic carbocycles. The van der Waals surface area contributed by atoms with Crippen LogP contribution in [-0.2, 0) is 139 Å². The van der Waals surface area contributed by atoms with Gasteiger partial charge in [-0.1, -0.05) is 182 Å². The van der Waals surface area contributed by atoms with Crippen LogP contribution in [0.1, 0.15) is 33.4 Å². The minimum absolute atomic E-state index is 0.404. The molecule has 27 nitrogen and oxygen atoms in total. The lowest BCUT2D eigenvalue weighted by Crippen LogP contribution is -2.34. The third-order valence-corrected chi connectivity index (χ3v) is 17.1. The maximum atomic E-state index is 6.76. The zero-order valence-electron chi connectivity index (χ0n) is 69.1. The van der Waals surface area contributed by atoms with Crippen LogP contribution in [0.15, 0.2) is 182 Å². The zero-order valence-corrected chi connectivity index (χ0v) is 69.1. The lowest BCUT2D eigenvalue weighted by Gasteiger charge is -2.36. The first-order valence-corrected chi connectivity index (χ1v) is 41.4. The summed E-state index contributed by atoms with van der Waals surface area (Å²) in [6.45, 7) is 24.6. The van der Waals surface area contributed by atoms with Crippen LogP contribution in [-0.4, -0.2) is 344 Å². The Morgan fingerprint density at radius 2 is 0.179 bits per heavy atom. The van der Waals surface area contributed by atoms with E-state index in [1.165, 1.54) is 0 Å². The second kappa shape index (κ2) is 74.1. The molecule has 0 spiro atoms. The summed E-state index contributed by atoms with van der Waals surface area (Å²) in [7, 11) is 0. The van der Waals surface area contributed by atoms with E-state index in [-0.39, 0.29) is 0 Å². The van der Waals surface area contributed by atoms with E-state index in [9.17, 15) is 0 Å². The second-order valence-corrected chi connectivity index (χ2v) is 25.6. The average molecular weight is 1650 g/mol. The highest BCUT2D eigenvalue weighted by Crippen LogP contribution is 2.42. The molecule has 0 radical (unpaired) electrons. The smallest absolute Gasteiger partial charge is 0.143 e. The Morgan fingerprint density at radius 3 is 0.265 bits per heavy atom. The van der Waals surface area contributed by atoms with Gasteiger partial charge in [-0.2, -0.15) is 0 Å². The average Bonchev–Trinajstić information content (AvgIpc) is 0.766. The van der Waals surface area contributed by atoms with Gasteiger partial charge in [0.05, 0.1) is 344 Å². The standard InChI is InChI=1S/C90H134O27/c1-7-19-83(20-8-1)89(84-21-9-2-10-22-84,85-23-11-3-12-24-85)116-81-79-114-77-75-112-73-71-110-69-67-108-65-63-106-61-59-104-57-55-102-53-51-100-49-47-98-45-43-96-41-39-94-37-35-92-33-31-91-32-34-93-36-38-95-40-42-97-44-46-99-48-50-101-52-54-103-56-58-105-60-62-107-64-66-109-68-70-111-72-74-113-76-78-115-80-82-117-90(86-25-13-4-14-26-86,87-27-15-5-16-28-87)88-29-17-6-18-30-88/h1-30H,31-82H2. The molecule has 0 unspecified atom stereocenters. The molecule has 0 atom stereocenters. The van der Waals surface area contributed by atoms with Crippen LogP contribution in [0.3, 0.4) is 0 Å². The Kier molecular flexibility index (Phi) is 63.4. The Hall–Kier alpha value is -5.76. The van der Waals surface area contributed by atoms with Crippen molar-refractivity contribution in [1.29, 1.82) is 0 Å². The van der Waals surface area contributed by atoms with Gasteiger partial charge in [-0.15, -0.1) is 0 Å². The normalized spacial score (nSPS) is 11.9. The lowest BCUT2D eigenvalue weighted by molar-refractivity contribution is -0.0399. The van der Waals surface area contributed by atoms with Crippen LogP contribution in [0.2, 0.25) is 0 Å². The van der Waals surface area contributed by atoms with Crippen molar-refractivity contribution in [3.63, 3.8) is 0 Å². The topological polar surface area (TPSA) is 249 Å². The van der Waals surface area contributed by atoms with Gasteiger partial charge in [0.1, 0.15) is 11.2 Å². The number of rotatable bonds is 86. The van der Waals surface area contributed by atoms with Gasteiger partial charge in [0.2, 0.25) is 0 Å². The summed E-state index contributed by atoms with van der Waals surface area (Å²) < 4.78 is 154. The van der Waals surface area contributed by atoms with Crippen LogP contribution in [0.25, 0.3) is 0 Å². The molecule has 0 fully saturated rings. The van der Waals surface area contributed by atoms with E-state index in [1.807, 2.05) is 109 Å². The third-order valence-electron chi connectivity index (χ3n) is 17.1. The maximum absolute atomic E-state index is 6.76. The molecule has 0 N–H and O–H groups in total. The highest BCUT2D eigenvalue weighted by molar-refractivity contribution is 5.49. The predicted molar refractivity (Wildman–Crippen MR) is 441 cm³/mol. The molecule has 117 heavy (non-hydrogen) atoms. The van der Waals surface area contributed by atoms with Gasteiger partial charge in [-0.05, 0) is 33.4 Å². The van der Waals surface area contributed by atoms with Gasteiger partial charge in [-0.25, -0.2) is 0 Å². The molecule has 0 aromatic heterocycles. The molecular weight excluding hydrogens is 1510 g/mol. The summed E-state index contributed by atoms with van der Waals surface area (Å²) in [6, 6.07) is 61.9. The van der Waals surface area contributed by atoms with Crippen LogP contribution in [0.5, 0.6) is 0 Å². The summed E-state index contributed by atoms with van der Waals surface area (Å²) in [5, 5.41) is 0. The van der Waals surface area contributed by atoms with E-state index in [0.717, 1.165) is 33.4 Å². The summed E-state index contributed by atoms with van der Waals surface area (Å²) >= 11 is 0. The predicted octanol–water partition coefficient (Wildman–Crippen LogP) is 9.42. The van der Waals surface area contributed by atoms with E-state index in [2.05, 4.69) is 72.8 Å². The number of hydrogen-bond donors (Lipinski definition) is 0. The molecule has 0 amide bonds. The van der Waals surface area contributed by atoms with Crippen LogP contribution in [0, 0.1) is 0 Å². The molecule has 0 heterocycles. The minimum atomic E-state index is -0.766. The Balaban J connectivity index is 0.532. The Bertz CT molecular complexity index is 2640. The summed E-state index contributed by atoms with van der Waals surface area (Å²) in [4.78, 5) is 0. The molecule has 0 bridgehead atoms. The first kappa shape index (κ1) is 100. The third kappa shape index (κ3) is 49.1. The SMILES string of the molecule is c1ccc(C(OCCOCCOCCOCCOCCOCCOCCOCCOCCOCCOCCOCCOCCOCCOCCOCCOCCOCCOCCOCCOCCOCCOCCOCCOCCOCCOC(c2ccccc2)(c2ccccc2)c2ccccc2)(c2ccccc2)c2ccccc2)cc1. The summed E-state index contributed by atoms with van der Waals surface area (Å²) in [5.41, 5.74) is 4.83. The van der Waals surface area contributed by atoms with Gasteiger partial charge < -0.3 is 128 Å². The van der Waals surface area contributed by atoms with Crippen LogP contribution < -0.4 is 0 Å². The largest absolute Gasteiger partial charge is 0.377 e. The molecule has 0 saturated carbocycles. The van der Waals surface area contributed by atoms with E-state index in [0.29, 0.717) is 344 Å².